The number of halogens is 1. The highest BCUT2D eigenvalue weighted by Gasteiger charge is 2.12. The minimum atomic E-state index is 0.435. The van der Waals surface area contributed by atoms with E-state index in [2.05, 4.69) is 15.3 Å². The van der Waals surface area contributed by atoms with Crippen LogP contribution in [0.15, 0.2) is 67.0 Å². The van der Waals surface area contributed by atoms with E-state index in [4.69, 9.17) is 11.6 Å². The van der Waals surface area contributed by atoms with Crippen LogP contribution in [0.25, 0.3) is 11.1 Å². The van der Waals surface area contributed by atoms with E-state index >= 15 is 0 Å². The van der Waals surface area contributed by atoms with Gasteiger partial charge >= 0.3 is 0 Å². The van der Waals surface area contributed by atoms with Crippen molar-refractivity contribution < 1.29 is 0 Å². The van der Waals surface area contributed by atoms with Gasteiger partial charge in [0.2, 0.25) is 0 Å². The van der Waals surface area contributed by atoms with Crippen molar-refractivity contribution in [1.29, 1.82) is 0 Å². The molecule has 0 spiro atoms. The molecular formula is C16H12ClN3. The number of anilines is 2. The molecule has 0 amide bonds. The monoisotopic (exact) mass is 281 g/mol. The van der Waals surface area contributed by atoms with E-state index < -0.39 is 0 Å². The first-order valence-electron chi connectivity index (χ1n) is 6.22. The van der Waals surface area contributed by atoms with Crippen LogP contribution in [-0.4, -0.2) is 9.97 Å². The lowest BCUT2D eigenvalue weighted by molar-refractivity contribution is 1.17. The molecule has 0 atom stereocenters. The summed E-state index contributed by atoms with van der Waals surface area (Å²) in [6.07, 6.45) is 1.46. The smallest absolute Gasteiger partial charge is 0.143 e. The fourth-order valence-electron chi connectivity index (χ4n) is 1.98. The van der Waals surface area contributed by atoms with Gasteiger partial charge in [-0.2, -0.15) is 0 Å². The Morgan fingerprint density at radius 1 is 0.800 bits per heavy atom. The Morgan fingerprint density at radius 3 is 2.15 bits per heavy atom. The maximum atomic E-state index is 6.24. The van der Waals surface area contributed by atoms with Gasteiger partial charge < -0.3 is 5.32 Å². The third kappa shape index (κ3) is 2.63. The van der Waals surface area contributed by atoms with Crippen LogP contribution >= 0.6 is 11.6 Å². The highest BCUT2D eigenvalue weighted by atomic mass is 35.5. The van der Waals surface area contributed by atoms with Crippen molar-refractivity contribution in [3.63, 3.8) is 0 Å². The molecule has 3 nitrogen and oxygen atoms in total. The third-order valence-electron chi connectivity index (χ3n) is 2.90. The molecule has 1 heterocycles. The number of para-hydroxylation sites is 1. The van der Waals surface area contributed by atoms with Gasteiger partial charge in [0, 0.05) is 5.69 Å². The van der Waals surface area contributed by atoms with Crippen LogP contribution < -0.4 is 5.32 Å². The minimum absolute atomic E-state index is 0.435. The molecule has 98 valence electrons. The van der Waals surface area contributed by atoms with Crippen molar-refractivity contribution >= 4 is 23.1 Å². The van der Waals surface area contributed by atoms with E-state index in [1.54, 1.807) is 0 Å². The van der Waals surface area contributed by atoms with E-state index in [1.165, 1.54) is 6.33 Å². The van der Waals surface area contributed by atoms with Crippen LogP contribution in [0.5, 0.6) is 0 Å². The molecule has 0 bridgehead atoms. The SMILES string of the molecule is Clc1ncnc(Nc2ccccc2)c1-c1ccccc1. The molecule has 0 saturated heterocycles. The number of nitrogens with one attached hydrogen (secondary N) is 1. The van der Waals surface area contributed by atoms with Crippen molar-refractivity contribution in [3.8, 4) is 11.1 Å². The summed E-state index contributed by atoms with van der Waals surface area (Å²) in [4.78, 5) is 8.38. The van der Waals surface area contributed by atoms with Crippen molar-refractivity contribution in [2.75, 3.05) is 5.32 Å². The van der Waals surface area contributed by atoms with Crippen molar-refractivity contribution in [1.82, 2.24) is 9.97 Å². The van der Waals surface area contributed by atoms with Crippen LogP contribution in [0.3, 0.4) is 0 Å². The number of hydrogen-bond donors (Lipinski definition) is 1. The summed E-state index contributed by atoms with van der Waals surface area (Å²) in [7, 11) is 0. The molecular weight excluding hydrogens is 270 g/mol. The molecule has 3 rings (SSSR count). The summed E-state index contributed by atoms with van der Waals surface area (Å²) in [5, 5.41) is 3.71. The van der Waals surface area contributed by atoms with Crippen LogP contribution in [0, 0.1) is 0 Å². The first-order chi connectivity index (χ1) is 9.84. The van der Waals surface area contributed by atoms with E-state index in [1.807, 2.05) is 60.7 Å². The molecule has 0 fully saturated rings. The number of aromatic nitrogens is 2. The Morgan fingerprint density at radius 2 is 1.45 bits per heavy atom. The van der Waals surface area contributed by atoms with E-state index in [0.29, 0.717) is 11.0 Å². The zero-order valence-electron chi connectivity index (χ0n) is 10.6. The maximum Gasteiger partial charge on any atom is 0.143 e. The maximum absolute atomic E-state index is 6.24. The zero-order chi connectivity index (χ0) is 13.8. The Balaban J connectivity index is 2.06. The fourth-order valence-corrected chi connectivity index (χ4v) is 2.22. The van der Waals surface area contributed by atoms with Gasteiger partial charge in [-0.25, -0.2) is 9.97 Å². The molecule has 3 aromatic rings. The van der Waals surface area contributed by atoms with Crippen molar-refractivity contribution in [2.24, 2.45) is 0 Å². The molecule has 4 heteroatoms. The van der Waals surface area contributed by atoms with Gasteiger partial charge in [-0.1, -0.05) is 60.1 Å². The Bertz CT molecular complexity index is 699. The van der Waals surface area contributed by atoms with Crippen molar-refractivity contribution in [3.05, 3.63) is 72.1 Å². The summed E-state index contributed by atoms with van der Waals surface area (Å²) < 4.78 is 0. The highest BCUT2D eigenvalue weighted by Crippen LogP contribution is 2.33. The zero-order valence-corrected chi connectivity index (χ0v) is 11.4. The van der Waals surface area contributed by atoms with Crippen LogP contribution in [-0.2, 0) is 0 Å². The normalized spacial score (nSPS) is 10.2. The summed E-state index contributed by atoms with van der Waals surface area (Å²) in [5.74, 6) is 0.697. The summed E-state index contributed by atoms with van der Waals surface area (Å²) in [6, 6.07) is 19.7. The van der Waals surface area contributed by atoms with Crippen molar-refractivity contribution in [2.45, 2.75) is 0 Å². The van der Waals surface area contributed by atoms with Gasteiger partial charge in [0.1, 0.15) is 17.3 Å². The van der Waals surface area contributed by atoms with Gasteiger partial charge in [-0.15, -0.1) is 0 Å². The predicted octanol–water partition coefficient (Wildman–Crippen LogP) is 4.54. The summed E-state index contributed by atoms with van der Waals surface area (Å²) in [5.41, 5.74) is 2.74. The quantitative estimate of drug-likeness (QED) is 0.716. The summed E-state index contributed by atoms with van der Waals surface area (Å²) >= 11 is 6.24. The second-order valence-corrected chi connectivity index (χ2v) is 4.60. The Hall–Kier alpha value is -2.39. The second-order valence-electron chi connectivity index (χ2n) is 4.25. The molecule has 0 aliphatic carbocycles. The minimum Gasteiger partial charge on any atom is -0.340 e. The average Bonchev–Trinajstić information content (AvgIpc) is 2.49. The second kappa shape index (κ2) is 5.72. The lowest BCUT2D eigenvalue weighted by Crippen LogP contribution is -1.98. The standard InChI is InChI=1S/C16H12ClN3/c17-15-14(12-7-3-1-4-8-12)16(19-11-18-15)20-13-9-5-2-6-10-13/h1-11H,(H,18,19,20). The molecule has 0 aliphatic rings. The average molecular weight is 282 g/mol. The van der Waals surface area contributed by atoms with Gasteiger partial charge in [-0.3, -0.25) is 0 Å². The first-order valence-corrected chi connectivity index (χ1v) is 6.60. The van der Waals surface area contributed by atoms with Gasteiger partial charge in [0.25, 0.3) is 0 Å². The lowest BCUT2D eigenvalue weighted by Gasteiger charge is -2.11. The Kier molecular flexibility index (Phi) is 3.61. The third-order valence-corrected chi connectivity index (χ3v) is 3.19. The van der Waals surface area contributed by atoms with Crippen LogP contribution in [0.4, 0.5) is 11.5 Å². The van der Waals surface area contributed by atoms with E-state index in [-0.39, 0.29) is 0 Å². The predicted molar refractivity (Wildman–Crippen MR) is 82.2 cm³/mol. The molecule has 0 unspecified atom stereocenters. The lowest BCUT2D eigenvalue weighted by atomic mass is 10.1. The van der Waals surface area contributed by atoms with Crippen LogP contribution in [0.2, 0.25) is 5.15 Å². The first kappa shape index (κ1) is 12.6. The largest absolute Gasteiger partial charge is 0.340 e. The molecule has 1 aromatic heterocycles. The fraction of sp³-hybridized carbons (Fsp3) is 0. The van der Waals surface area contributed by atoms with E-state index in [0.717, 1.165) is 16.8 Å². The molecule has 0 aliphatic heterocycles. The van der Waals surface area contributed by atoms with Gasteiger partial charge in [0.05, 0.1) is 5.56 Å². The van der Waals surface area contributed by atoms with E-state index in [9.17, 15) is 0 Å². The number of rotatable bonds is 3. The molecule has 0 radical (unpaired) electrons. The summed E-state index contributed by atoms with van der Waals surface area (Å²) in [6.45, 7) is 0. The number of benzene rings is 2. The number of hydrogen-bond acceptors (Lipinski definition) is 3. The van der Waals surface area contributed by atoms with Gasteiger partial charge in [0.15, 0.2) is 0 Å². The molecule has 20 heavy (non-hydrogen) atoms. The highest BCUT2D eigenvalue weighted by molar-refractivity contribution is 6.32. The molecule has 0 saturated carbocycles. The van der Waals surface area contributed by atoms with Crippen LogP contribution in [0.1, 0.15) is 0 Å². The number of nitrogens with zero attached hydrogens (tertiary/aromatic N) is 2. The molecule has 1 N–H and O–H groups in total. The topological polar surface area (TPSA) is 37.8 Å². The molecule has 2 aromatic carbocycles. The Labute approximate surface area is 122 Å². The van der Waals surface area contributed by atoms with Gasteiger partial charge in [-0.05, 0) is 17.7 Å².